The van der Waals surface area contributed by atoms with Gasteiger partial charge in [-0.25, -0.2) is 0 Å². The van der Waals surface area contributed by atoms with Crippen LogP contribution >= 0.6 is 0 Å². The van der Waals surface area contributed by atoms with Gasteiger partial charge in [0.2, 0.25) is 0 Å². The van der Waals surface area contributed by atoms with Gasteiger partial charge in [-0.15, -0.1) is 0 Å². The lowest BCUT2D eigenvalue weighted by molar-refractivity contribution is -0.123. The highest BCUT2D eigenvalue weighted by Crippen LogP contribution is 2.27. The summed E-state index contributed by atoms with van der Waals surface area (Å²) in [7, 11) is 0. The van der Waals surface area contributed by atoms with Gasteiger partial charge < -0.3 is 15.3 Å². The van der Waals surface area contributed by atoms with Gasteiger partial charge in [0, 0.05) is 12.1 Å². The molecule has 0 bridgehead atoms. The van der Waals surface area contributed by atoms with Gasteiger partial charge in [0.15, 0.2) is 6.61 Å². The normalized spacial score (nSPS) is 15.1. The number of nitrogens with one attached hydrogen (secondary N) is 1. The average Bonchev–Trinajstić information content (AvgIpc) is 3.26. The lowest BCUT2D eigenvalue weighted by Crippen LogP contribution is -2.30. The van der Waals surface area contributed by atoms with Gasteiger partial charge in [0.25, 0.3) is 5.91 Å². The van der Waals surface area contributed by atoms with E-state index in [0.717, 1.165) is 6.54 Å². The van der Waals surface area contributed by atoms with E-state index >= 15 is 0 Å². The molecule has 1 aliphatic carbocycles. The van der Waals surface area contributed by atoms with Gasteiger partial charge in [0.1, 0.15) is 5.75 Å². The predicted molar refractivity (Wildman–Crippen MR) is 71.7 cm³/mol. The maximum absolute atomic E-state index is 11.6. The minimum Gasteiger partial charge on any atom is -0.483 e. The third-order valence-corrected chi connectivity index (χ3v) is 3.07. The number of carbonyl (C=O) groups is 1. The second-order valence-electron chi connectivity index (χ2n) is 4.72. The zero-order valence-electron chi connectivity index (χ0n) is 10.9. The number of hydrogen-bond acceptors (Lipinski definition) is 4. The van der Waals surface area contributed by atoms with E-state index in [9.17, 15) is 4.79 Å². The Balaban J connectivity index is 1.89. The summed E-state index contributed by atoms with van der Waals surface area (Å²) in [5.74, 6) is 1.07. The van der Waals surface area contributed by atoms with Crippen LogP contribution in [0.25, 0.3) is 0 Å². The highest BCUT2D eigenvalue weighted by molar-refractivity contribution is 6.00. The Morgan fingerprint density at radius 2 is 2.21 bits per heavy atom. The van der Waals surface area contributed by atoms with E-state index in [2.05, 4.69) is 10.5 Å². The molecule has 1 aliphatic rings. The lowest BCUT2D eigenvalue weighted by atomic mass is 10.1. The summed E-state index contributed by atoms with van der Waals surface area (Å²) in [6.07, 6.45) is 2.41. The van der Waals surface area contributed by atoms with Crippen molar-refractivity contribution >= 4 is 11.6 Å². The first-order valence-electron chi connectivity index (χ1n) is 6.38. The molecule has 1 amide bonds. The van der Waals surface area contributed by atoms with E-state index in [1.807, 2.05) is 12.1 Å². The molecule has 0 radical (unpaired) electrons. The molecule has 19 heavy (non-hydrogen) atoms. The highest BCUT2D eigenvalue weighted by atomic mass is 16.5. The molecule has 2 rings (SSSR count). The Labute approximate surface area is 112 Å². The van der Waals surface area contributed by atoms with E-state index in [0.29, 0.717) is 22.9 Å². The zero-order chi connectivity index (χ0) is 13.7. The van der Waals surface area contributed by atoms with Gasteiger partial charge in [0.05, 0.1) is 5.71 Å². The van der Waals surface area contributed by atoms with Gasteiger partial charge in [-0.1, -0.05) is 17.3 Å². The van der Waals surface area contributed by atoms with Crippen molar-refractivity contribution in [1.82, 2.24) is 5.32 Å². The quantitative estimate of drug-likeness (QED) is 0.466. The number of amides is 1. The van der Waals surface area contributed by atoms with Gasteiger partial charge in [-0.2, -0.15) is 0 Å². The molecule has 2 N–H and O–H groups in total. The molecule has 0 unspecified atom stereocenters. The fourth-order valence-electron chi connectivity index (χ4n) is 1.72. The molecule has 1 aromatic rings. The summed E-state index contributed by atoms with van der Waals surface area (Å²) < 4.78 is 5.47. The Bertz CT molecular complexity index is 481. The Hall–Kier alpha value is -2.04. The molecule has 5 nitrogen and oxygen atoms in total. The highest BCUT2D eigenvalue weighted by Gasteiger charge is 2.21. The van der Waals surface area contributed by atoms with E-state index in [1.54, 1.807) is 19.1 Å². The van der Waals surface area contributed by atoms with Crippen molar-refractivity contribution in [3.63, 3.8) is 0 Å². The zero-order valence-corrected chi connectivity index (χ0v) is 10.9. The van der Waals surface area contributed by atoms with Crippen LogP contribution in [0.5, 0.6) is 5.75 Å². The van der Waals surface area contributed by atoms with Crippen molar-refractivity contribution < 1.29 is 14.7 Å². The monoisotopic (exact) mass is 262 g/mol. The molecule has 0 aromatic heterocycles. The first-order chi connectivity index (χ1) is 9.20. The van der Waals surface area contributed by atoms with Gasteiger partial charge in [-0.3, -0.25) is 4.79 Å². The third-order valence-electron chi connectivity index (χ3n) is 3.07. The number of oxime groups is 1. The van der Waals surface area contributed by atoms with Crippen LogP contribution in [0.2, 0.25) is 0 Å². The Morgan fingerprint density at radius 3 is 2.89 bits per heavy atom. The molecule has 0 heterocycles. The summed E-state index contributed by atoms with van der Waals surface area (Å²) in [4.78, 5) is 11.6. The molecule has 0 atom stereocenters. The van der Waals surface area contributed by atoms with Crippen LogP contribution in [0.1, 0.15) is 25.3 Å². The van der Waals surface area contributed by atoms with E-state index in [-0.39, 0.29) is 12.5 Å². The number of rotatable bonds is 6. The van der Waals surface area contributed by atoms with E-state index < -0.39 is 0 Å². The first kappa shape index (κ1) is 13.4. The van der Waals surface area contributed by atoms with Crippen molar-refractivity contribution in [3.05, 3.63) is 29.8 Å². The van der Waals surface area contributed by atoms with Crippen molar-refractivity contribution in [3.8, 4) is 5.75 Å². The van der Waals surface area contributed by atoms with E-state index in [4.69, 9.17) is 9.94 Å². The van der Waals surface area contributed by atoms with Crippen molar-refractivity contribution in [2.45, 2.75) is 19.8 Å². The van der Waals surface area contributed by atoms with E-state index in [1.165, 1.54) is 12.8 Å². The molecular formula is C14H18N2O3. The fourth-order valence-corrected chi connectivity index (χ4v) is 1.72. The van der Waals surface area contributed by atoms with Gasteiger partial charge in [-0.05, 0) is 37.8 Å². The number of nitrogens with zero attached hydrogens (tertiary/aromatic N) is 1. The fraction of sp³-hybridized carbons (Fsp3) is 0.429. The maximum Gasteiger partial charge on any atom is 0.257 e. The molecule has 5 heteroatoms. The third kappa shape index (κ3) is 3.98. The Morgan fingerprint density at radius 1 is 1.47 bits per heavy atom. The van der Waals surface area contributed by atoms with Crippen LogP contribution in [-0.2, 0) is 4.79 Å². The summed E-state index contributed by atoms with van der Waals surface area (Å²) >= 11 is 0. The first-order valence-corrected chi connectivity index (χ1v) is 6.38. The molecule has 1 aromatic carbocycles. The summed E-state index contributed by atoms with van der Waals surface area (Å²) in [6.45, 7) is 2.39. The second-order valence-corrected chi connectivity index (χ2v) is 4.72. The van der Waals surface area contributed by atoms with Crippen LogP contribution in [0, 0.1) is 5.92 Å². The molecule has 0 aliphatic heterocycles. The van der Waals surface area contributed by atoms with Crippen molar-refractivity contribution in [2.24, 2.45) is 11.1 Å². The minimum absolute atomic E-state index is 0.0254. The van der Waals surface area contributed by atoms with Gasteiger partial charge >= 0.3 is 0 Å². The second kappa shape index (κ2) is 6.22. The number of carbonyl (C=O) groups excluding carboxylic acids is 1. The maximum atomic E-state index is 11.6. The average molecular weight is 262 g/mol. The number of hydrogen-bond donors (Lipinski definition) is 2. The van der Waals surface area contributed by atoms with Crippen LogP contribution in [0.3, 0.4) is 0 Å². The number of para-hydroxylation sites is 1. The van der Waals surface area contributed by atoms with Crippen molar-refractivity contribution in [2.75, 3.05) is 13.2 Å². The topological polar surface area (TPSA) is 70.9 Å². The smallest absolute Gasteiger partial charge is 0.257 e. The predicted octanol–water partition coefficient (Wildman–Crippen LogP) is 1.79. The lowest BCUT2D eigenvalue weighted by Gasteiger charge is -2.10. The SMILES string of the molecule is C/C(=N\O)c1ccccc1OCC(=O)NCC1CC1. The minimum atomic E-state index is -0.125. The Kier molecular flexibility index (Phi) is 4.39. The molecular weight excluding hydrogens is 244 g/mol. The van der Waals surface area contributed by atoms with Crippen LogP contribution in [-0.4, -0.2) is 30.0 Å². The molecule has 1 saturated carbocycles. The summed E-state index contributed by atoms with van der Waals surface area (Å²) in [5, 5.41) is 14.8. The molecule has 1 fully saturated rings. The largest absolute Gasteiger partial charge is 0.483 e. The standard InChI is InChI=1S/C14H18N2O3/c1-10(16-18)12-4-2-3-5-13(12)19-9-14(17)15-8-11-6-7-11/h2-5,11,18H,6-9H2,1H3,(H,15,17)/b16-10+. The van der Waals surface area contributed by atoms with Crippen molar-refractivity contribution in [1.29, 1.82) is 0 Å². The molecule has 102 valence electrons. The van der Waals surface area contributed by atoms with Crippen LogP contribution in [0.4, 0.5) is 0 Å². The summed E-state index contributed by atoms with van der Waals surface area (Å²) in [6, 6.07) is 7.17. The van der Waals surface area contributed by atoms with Crippen LogP contribution < -0.4 is 10.1 Å². The number of ether oxygens (including phenoxy) is 1. The molecule has 0 saturated heterocycles. The number of benzene rings is 1. The van der Waals surface area contributed by atoms with Crippen LogP contribution in [0.15, 0.2) is 29.4 Å². The molecule has 0 spiro atoms. The summed E-state index contributed by atoms with van der Waals surface area (Å²) in [5.41, 5.74) is 1.13.